The predicted octanol–water partition coefficient (Wildman–Crippen LogP) is 1.83. The molecule has 3 heterocycles. The molecule has 0 atom stereocenters. The Morgan fingerprint density at radius 1 is 1.18 bits per heavy atom. The van der Waals surface area contributed by atoms with Crippen molar-refractivity contribution in [2.45, 2.75) is 12.8 Å². The Hall–Kier alpha value is -3.01. The highest BCUT2D eigenvalue weighted by atomic mass is 19.3. The summed E-state index contributed by atoms with van der Waals surface area (Å²) in [7, 11) is 0. The van der Waals surface area contributed by atoms with Crippen molar-refractivity contribution in [3.63, 3.8) is 0 Å². The Morgan fingerprint density at radius 2 is 1.96 bits per heavy atom. The average Bonchev–Trinajstić information content (AvgIpc) is 2.81. The normalized spacial score (nSPS) is 20.6. The number of urea groups is 1. The van der Waals surface area contributed by atoms with Crippen molar-refractivity contribution in [1.82, 2.24) is 15.1 Å². The molecule has 10 heteroatoms. The number of aliphatic imine (C=N–C) groups is 2. The zero-order chi connectivity index (χ0) is 19.6. The molecule has 1 aromatic carbocycles. The lowest BCUT2D eigenvalue weighted by molar-refractivity contribution is -0.286. The van der Waals surface area contributed by atoms with Gasteiger partial charge in [-0.3, -0.25) is 15.2 Å². The number of hydrogen-bond donors (Lipinski definition) is 1. The van der Waals surface area contributed by atoms with Crippen LogP contribution in [0.25, 0.3) is 0 Å². The van der Waals surface area contributed by atoms with Crippen LogP contribution in [0.2, 0.25) is 0 Å². The molecule has 1 saturated heterocycles. The SMILES string of the molecule is O=C(NC1=NC=NCC=C1)N1CCN(Cc2ccc3c(c2)OC(F)(F)O3)CC1. The summed E-state index contributed by atoms with van der Waals surface area (Å²) in [5.74, 6) is 0.544. The Balaban J connectivity index is 1.28. The minimum Gasteiger partial charge on any atom is -0.395 e. The molecule has 4 rings (SSSR count). The molecule has 1 aromatic rings. The van der Waals surface area contributed by atoms with E-state index in [0.717, 1.165) is 5.56 Å². The maximum Gasteiger partial charge on any atom is 0.586 e. The third kappa shape index (κ3) is 4.28. The summed E-state index contributed by atoms with van der Waals surface area (Å²) >= 11 is 0. The van der Waals surface area contributed by atoms with Crippen molar-refractivity contribution in [2.75, 3.05) is 32.7 Å². The van der Waals surface area contributed by atoms with Gasteiger partial charge in [0, 0.05) is 32.7 Å². The molecule has 1 N–H and O–H groups in total. The van der Waals surface area contributed by atoms with Gasteiger partial charge in [0.2, 0.25) is 0 Å². The van der Waals surface area contributed by atoms with E-state index < -0.39 is 6.29 Å². The summed E-state index contributed by atoms with van der Waals surface area (Å²) in [4.78, 5) is 24.3. The first-order chi connectivity index (χ1) is 13.5. The molecule has 0 bridgehead atoms. The Morgan fingerprint density at radius 3 is 2.79 bits per heavy atom. The van der Waals surface area contributed by atoms with Crippen LogP contribution < -0.4 is 14.8 Å². The average molecular weight is 391 g/mol. The number of halogens is 2. The van der Waals surface area contributed by atoms with Crippen molar-refractivity contribution < 1.29 is 23.0 Å². The fraction of sp³-hybridized carbons (Fsp3) is 0.389. The van der Waals surface area contributed by atoms with Crippen molar-refractivity contribution >= 4 is 18.2 Å². The number of amides is 2. The van der Waals surface area contributed by atoms with Gasteiger partial charge in [0.15, 0.2) is 11.5 Å². The van der Waals surface area contributed by atoms with Crippen LogP contribution in [0.3, 0.4) is 0 Å². The van der Waals surface area contributed by atoms with E-state index in [1.807, 2.05) is 6.08 Å². The summed E-state index contributed by atoms with van der Waals surface area (Å²) in [6.07, 6.45) is 1.36. The lowest BCUT2D eigenvalue weighted by Crippen LogP contribution is -2.52. The first kappa shape index (κ1) is 18.4. The Kier molecular flexibility index (Phi) is 4.95. The molecule has 2 amide bonds. The van der Waals surface area contributed by atoms with Gasteiger partial charge in [-0.2, -0.15) is 0 Å². The van der Waals surface area contributed by atoms with E-state index in [9.17, 15) is 13.6 Å². The molecular formula is C18H19F2N5O3. The van der Waals surface area contributed by atoms with Crippen LogP contribution in [0.5, 0.6) is 11.5 Å². The minimum absolute atomic E-state index is 0.0377. The van der Waals surface area contributed by atoms with Gasteiger partial charge in [0.1, 0.15) is 12.2 Å². The zero-order valence-electron chi connectivity index (χ0n) is 15.0. The number of hydrogen-bond acceptors (Lipinski definition) is 6. The number of nitrogens with one attached hydrogen (secondary N) is 1. The number of carbonyl (C=O) groups excluding carboxylic acids is 1. The third-order valence-electron chi connectivity index (χ3n) is 4.53. The van der Waals surface area contributed by atoms with Crippen LogP contribution in [-0.2, 0) is 6.54 Å². The standard InChI is InChI=1S/C18H19F2N5O3/c19-18(20)27-14-4-3-13(10-15(14)28-18)11-24-6-8-25(9-7-24)17(26)23-16-2-1-5-21-12-22-16/h1-4,10,12H,5-9,11H2,(H,21,22,23,26). The number of piperazine rings is 1. The number of amidine groups is 1. The van der Waals surface area contributed by atoms with E-state index in [0.29, 0.717) is 45.1 Å². The van der Waals surface area contributed by atoms with Gasteiger partial charge in [-0.1, -0.05) is 12.1 Å². The largest absolute Gasteiger partial charge is 0.586 e. The first-order valence-electron chi connectivity index (χ1n) is 8.88. The fourth-order valence-electron chi connectivity index (χ4n) is 3.14. The van der Waals surface area contributed by atoms with Crippen molar-refractivity contribution in [1.29, 1.82) is 0 Å². The van der Waals surface area contributed by atoms with E-state index in [1.165, 1.54) is 12.4 Å². The molecule has 0 spiro atoms. The number of benzene rings is 1. The second-order valence-corrected chi connectivity index (χ2v) is 6.54. The van der Waals surface area contributed by atoms with Gasteiger partial charge >= 0.3 is 12.3 Å². The third-order valence-corrected chi connectivity index (χ3v) is 4.53. The highest BCUT2D eigenvalue weighted by Gasteiger charge is 2.43. The number of alkyl halides is 2. The Bertz CT molecular complexity index is 848. The zero-order valence-corrected chi connectivity index (χ0v) is 15.0. The molecule has 0 aromatic heterocycles. The van der Waals surface area contributed by atoms with Crippen LogP contribution >= 0.6 is 0 Å². The van der Waals surface area contributed by atoms with Gasteiger partial charge in [-0.25, -0.2) is 9.79 Å². The van der Waals surface area contributed by atoms with Crippen molar-refractivity contribution in [3.05, 3.63) is 35.9 Å². The summed E-state index contributed by atoms with van der Waals surface area (Å²) < 4.78 is 35.1. The molecule has 148 valence electrons. The molecule has 0 radical (unpaired) electrons. The number of carbonyl (C=O) groups is 1. The van der Waals surface area contributed by atoms with E-state index >= 15 is 0 Å². The van der Waals surface area contributed by atoms with Gasteiger partial charge in [-0.05, 0) is 23.8 Å². The lowest BCUT2D eigenvalue weighted by atomic mass is 10.1. The summed E-state index contributed by atoms with van der Waals surface area (Å²) in [6, 6.07) is 4.58. The highest BCUT2D eigenvalue weighted by Crippen LogP contribution is 2.41. The highest BCUT2D eigenvalue weighted by molar-refractivity contribution is 6.06. The lowest BCUT2D eigenvalue weighted by Gasteiger charge is -2.34. The van der Waals surface area contributed by atoms with Crippen LogP contribution in [-0.4, -0.2) is 67.0 Å². The quantitative estimate of drug-likeness (QED) is 0.834. The predicted molar refractivity (Wildman–Crippen MR) is 98.0 cm³/mol. The first-order valence-corrected chi connectivity index (χ1v) is 8.88. The summed E-state index contributed by atoms with van der Waals surface area (Å²) in [5, 5.41) is 2.77. The number of ether oxygens (including phenoxy) is 2. The van der Waals surface area contributed by atoms with E-state index in [1.54, 1.807) is 23.1 Å². The van der Waals surface area contributed by atoms with E-state index in [2.05, 4.69) is 29.7 Å². The molecule has 0 saturated carbocycles. The second-order valence-electron chi connectivity index (χ2n) is 6.54. The molecule has 0 unspecified atom stereocenters. The molecular weight excluding hydrogens is 372 g/mol. The smallest absolute Gasteiger partial charge is 0.395 e. The molecule has 1 fully saturated rings. The number of rotatable bonds is 2. The van der Waals surface area contributed by atoms with Gasteiger partial charge in [0.05, 0.1) is 6.54 Å². The van der Waals surface area contributed by atoms with Crippen LogP contribution in [0, 0.1) is 0 Å². The molecule has 3 aliphatic heterocycles. The summed E-state index contributed by atoms with van der Waals surface area (Å²) in [6.45, 7) is 3.56. The molecule has 8 nitrogen and oxygen atoms in total. The monoisotopic (exact) mass is 391 g/mol. The van der Waals surface area contributed by atoms with E-state index in [-0.39, 0.29) is 17.5 Å². The van der Waals surface area contributed by atoms with Crippen LogP contribution in [0.4, 0.5) is 13.6 Å². The van der Waals surface area contributed by atoms with Crippen molar-refractivity contribution in [3.8, 4) is 11.5 Å². The summed E-state index contributed by atoms with van der Waals surface area (Å²) in [5.41, 5.74) is 0.843. The Labute approximate surface area is 160 Å². The van der Waals surface area contributed by atoms with Crippen LogP contribution in [0.15, 0.2) is 40.3 Å². The van der Waals surface area contributed by atoms with Gasteiger partial charge in [0.25, 0.3) is 0 Å². The maximum atomic E-state index is 13.1. The minimum atomic E-state index is -3.61. The maximum absolute atomic E-state index is 13.1. The molecule has 0 aliphatic carbocycles. The van der Waals surface area contributed by atoms with Crippen LogP contribution in [0.1, 0.15) is 5.56 Å². The van der Waals surface area contributed by atoms with E-state index in [4.69, 9.17) is 0 Å². The molecule has 28 heavy (non-hydrogen) atoms. The van der Waals surface area contributed by atoms with Gasteiger partial charge < -0.3 is 14.4 Å². The van der Waals surface area contributed by atoms with Crippen molar-refractivity contribution in [2.24, 2.45) is 9.98 Å². The number of nitrogens with zero attached hydrogens (tertiary/aromatic N) is 4. The topological polar surface area (TPSA) is 78.8 Å². The fourth-order valence-corrected chi connectivity index (χ4v) is 3.14. The second kappa shape index (κ2) is 7.55. The van der Waals surface area contributed by atoms with Gasteiger partial charge in [-0.15, -0.1) is 8.78 Å². The molecule has 3 aliphatic rings. The number of fused-ring (bicyclic) bond motifs is 1.